The molecule has 10 nitrogen and oxygen atoms in total. The van der Waals surface area contributed by atoms with Gasteiger partial charge in [0.15, 0.2) is 5.78 Å². The van der Waals surface area contributed by atoms with Gasteiger partial charge in [-0.2, -0.15) is 4.31 Å². The second-order valence-electron chi connectivity index (χ2n) is 7.97. The van der Waals surface area contributed by atoms with Crippen LogP contribution in [0.5, 0.6) is 0 Å². The number of likely N-dealkylation sites (tertiary alicyclic amines) is 1. The Bertz CT molecular complexity index is 948. The molecule has 4 rings (SSSR count). The van der Waals surface area contributed by atoms with E-state index in [0.29, 0.717) is 45.0 Å². The molecule has 3 aliphatic heterocycles. The van der Waals surface area contributed by atoms with E-state index in [1.165, 1.54) is 15.4 Å². The second-order valence-corrected chi connectivity index (χ2v) is 9.89. The van der Waals surface area contributed by atoms with E-state index in [9.17, 15) is 22.8 Å². The Morgan fingerprint density at radius 2 is 1.84 bits per heavy atom. The quantitative estimate of drug-likeness (QED) is 0.568. The van der Waals surface area contributed by atoms with Gasteiger partial charge in [0, 0.05) is 38.7 Å². The summed E-state index contributed by atoms with van der Waals surface area (Å²) < 4.78 is 32.3. The van der Waals surface area contributed by atoms with Crippen molar-refractivity contribution in [2.75, 3.05) is 39.4 Å². The highest BCUT2D eigenvalue weighted by atomic mass is 32.2. The zero-order valence-electron chi connectivity index (χ0n) is 17.2. The average Bonchev–Trinajstić information content (AvgIpc) is 3.34. The molecule has 2 amide bonds. The number of aromatic nitrogens is 1. The Morgan fingerprint density at radius 1 is 1.10 bits per heavy atom. The first-order valence-corrected chi connectivity index (χ1v) is 12.0. The van der Waals surface area contributed by atoms with Crippen LogP contribution < -0.4 is 0 Å². The van der Waals surface area contributed by atoms with Crippen molar-refractivity contribution in [1.29, 1.82) is 0 Å². The van der Waals surface area contributed by atoms with Crippen molar-refractivity contribution in [2.24, 2.45) is 0 Å². The van der Waals surface area contributed by atoms with Crippen LogP contribution in [0.15, 0.2) is 24.4 Å². The van der Waals surface area contributed by atoms with Crippen molar-refractivity contribution in [1.82, 2.24) is 19.1 Å². The van der Waals surface area contributed by atoms with Gasteiger partial charge in [0.2, 0.25) is 21.8 Å². The van der Waals surface area contributed by atoms with Crippen LogP contribution in [0.2, 0.25) is 0 Å². The van der Waals surface area contributed by atoms with Crippen molar-refractivity contribution in [3.8, 4) is 0 Å². The van der Waals surface area contributed by atoms with Gasteiger partial charge in [0.1, 0.15) is 11.8 Å². The lowest BCUT2D eigenvalue weighted by molar-refractivity contribution is -0.140. The SMILES string of the molecule is O=C1CN(S(=O)(=O)Cc2ccccn2)C2CCN(C(=O)CCC(=O)N3CCOCC3)C12. The summed E-state index contributed by atoms with van der Waals surface area (Å²) >= 11 is 0. The molecule has 1 aromatic heterocycles. The number of Topliss-reactive ketones (excluding diaryl/α,β-unsaturated/α-hetero) is 1. The van der Waals surface area contributed by atoms with Gasteiger partial charge < -0.3 is 14.5 Å². The zero-order chi connectivity index (χ0) is 22.0. The molecule has 11 heteroatoms. The van der Waals surface area contributed by atoms with Crippen LogP contribution in [0.1, 0.15) is 25.0 Å². The van der Waals surface area contributed by atoms with E-state index in [1.54, 1.807) is 23.1 Å². The Hall–Kier alpha value is -2.37. The van der Waals surface area contributed by atoms with E-state index in [2.05, 4.69) is 4.98 Å². The number of carbonyl (C=O) groups excluding carboxylic acids is 3. The van der Waals surface area contributed by atoms with E-state index in [1.807, 2.05) is 0 Å². The largest absolute Gasteiger partial charge is 0.378 e. The second kappa shape index (κ2) is 9.01. The van der Waals surface area contributed by atoms with E-state index >= 15 is 0 Å². The Labute approximate surface area is 181 Å². The van der Waals surface area contributed by atoms with E-state index in [0.717, 1.165) is 0 Å². The molecule has 0 aromatic carbocycles. The number of ether oxygens (including phenoxy) is 1. The fourth-order valence-corrected chi connectivity index (χ4v) is 6.16. The Morgan fingerprint density at radius 3 is 2.55 bits per heavy atom. The molecule has 3 fully saturated rings. The van der Waals surface area contributed by atoms with Crippen molar-refractivity contribution in [3.05, 3.63) is 30.1 Å². The van der Waals surface area contributed by atoms with Crippen LogP contribution in [0, 0.1) is 0 Å². The number of fused-ring (bicyclic) bond motifs is 1. The van der Waals surface area contributed by atoms with Gasteiger partial charge in [-0.15, -0.1) is 0 Å². The molecule has 3 aliphatic rings. The maximum Gasteiger partial charge on any atom is 0.223 e. The Balaban J connectivity index is 1.38. The van der Waals surface area contributed by atoms with Gasteiger partial charge in [-0.1, -0.05) is 6.07 Å². The highest BCUT2D eigenvalue weighted by Crippen LogP contribution is 2.33. The van der Waals surface area contributed by atoms with Gasteiger partial charge in [-0.05, 0) is 18.6 Å². The minimum absolute atomic E-state index is 0.00732. The van der Waals surface area contributed by atoms with Crippen LogP contribution in [0.25, 0.3) is 0 Å². The van der Waals surface area contributed by atoms with Gasteiger partial charge in [0.25, 0.3) is 0 Å². The number of morpholine rings is 1. The molecular weight excluding hydrogens is 424 g/mol. The third kappa shape index (κ3) is 4.63. The molecular formula is C20H26N4O6S. The fourth-order valence-electron chi connectivity index (χ4n) is 4.50. The summed E-state index contributed by atoms with van der Waals surface area (Å²) in [6.07, 6.45) is 2.01. The highest BCUT2D eigenvalue weighted by molar-refractivity contribution is 7.88. The number of hydrogen-bond acceptors (Lipinski definition) is 7. The molecule has 3 saturated heterocycles. The summed E-state index contributed by atoms with van der Waals surface area (Å²) in [7, 11) is -3.75. The minimum atomic E-state index is -3.75. The lowest BCUT2D eigenvalue weighted by atomic mass is 10.1. The molecule has 31 heavy (non-hydrogen) atoms. The maximum absolute atomic E-state index is 12.9. The summed E-state index contributed by atoms with van der Waals surface area (Å²) in [6.45, 7) is 2.09. The van der Waals surface area contributed by atoms with E-state index < -0.39 is 22.1 Å². The van der Waals surface area contributed by atoms with Crippen molar-refractivity contribution < 1.29 is 27.5 Å². The normalized spacial score (nSPS) is 24.5. The lowest BCUT2D eigenvalue weighted by Gasteiger charge is -2.27. The predicted octanol–water partition coefficient (Wildman–Crippen LogP) is -0.595. The van der Waals surface area contributed by atoms with Gasteiger partial charge >= 0.3 is 0 Å². The van der Waals surface area contributed by atoms with Gasteiger partial charge in [-0.25, -0.2) is 8.42 Å². The summed E-state index contributed by atoms with van der Waals surface area (Å²) in [6, 6.07) is 3.72. The Kier molecular flexibility index (Phi) is 6.35. The first-order valence-electron chi connectivity index (χ1n) is 10.4. The molecule has 0 radical (unpaired) electrons. The fraction of sp³-hybridized carbons (Fsp3) is 0.600. The highest BCUT2D eigenvalue weighted by Gasteiger charge is 2.53. The number of amides is 2. The number of ketones is 1. The minimum Gasteiger partial charge on any atom is -0.378 e. The smallest absolute Gasteiger partial charge is 0.223 e. The van der Waals surface area contributed by atoms with E-state index in [4.69, 9.17) is 4.74 Å². The zero-order valence-corrected chi connectivity index (χ0v) is 18.0. The number of hydrogen-bond donors (Lipinski definition) is 0. The molecule has 0 saturated carbocycles. The van der Waals surface area contributed by atoms with Crippen molar-refractivity contribution >= 4 is 27.6 Å². The van der Waals surface area contributed by atoms with E-state index in [-0.39, 0.29) is 42.7 Å². The monoisotopic (exact) mass is 450 g/mol. The van der Waals surface area contributed by atoms with Crippen LogP contribution >= 0.6 is 0 Å². The third-order valence-electron chi connectivity index (χ3n) is 6.03. The first-order chi connectivity index (χ1) is 14.9. The van der Waals surface area contributed by atoms with Crippen LogP contribution in [0.3, 0.4) is 0 Å². The topological polar surface area (TPSA) is 117 Å². The lowest BCUT2D eigenvalue weighted by Crippen LogP contribution is -2.44. The number of carbonyl (C=O) groups is 3. The van der Waals surface area contributed by atoms with Crippen LogP contribution in [0.4, 0.5) is 0 Å². The summed E-state index contributed by atoms with van der Waals surface area (Å²) in [5, 5.41) is 0. The van der Waals surface area contributed by atoms with Crippen molar-refractivity contribution in [2.45, 2.75) is 37.1 Å². The van der Waals surface area contributed by atoms with Crippen molar-refractivity contribution in [3.63, 3.8) is 0 Å². The molecule has 0 aliphatic carbocycles. The number of sulfonamides is 1. The van der Waals surface area contributed by atoms with Gasteiger partial charge in [0.05, 0.1) is 31.5 Å². The molecule has 0 bridgehead atoms. The number of rotatable bonds is 6. The molecule has 1 aromatic rings. The predicted molar refractivity (Wildman–Crippen MR) is 109 cm³/mol. The molecule has 0 N–H and O–H groups in total. The molecule has 168 valence electrons. The summed E-state index contributed by atoms with van der Waals surface area (Å²) in [5.41, 5.74) is 0.408. The third-order valence-corrected chi connectivity index (χ3v) is 7.80. The molecule has 2 atom stereocenters. The van der Waals surface area contributed by atoms with Crippen LogP contribution in [-0.2, 0) is 34.9 Å². The molecule has 4 heterocycles. The van der Waals surface area contributed by atoms with Crippen LogP contribution in [-0.4, -0.2) is 96.6 Å². The average molecular weight is 451 g/mol. The molecule has 0 spiro atoms. The first kappa shape index (κ1) is 21.8. The number of nitrogens with zero attached hydrogens (tertiary/aromatic N) is 4. The summed E-state index contributed by atoms with van der Waals surface area (Å²) in [5.74, 6) is -0.956. The van der Waals surface area contributed by atoms with Gasteiger partial charge in [-0.3, -0.25) is 19.4 Å². The summed E-state index contributed by atoms with van der Waals surface area (Å²) in [4.78, 5) is 44.9. The number of pyridine rings is 1. The standard InChI is InChI=1S/C20H26N4O6S/c25-17-13-24(31(28,29)14-15-3-1-2-7-21-15)16-6-8-23(20(16)17)19(27)5-4-18(26)22-9-11-30-12-10-22/h1-3,7,16,20H,4-6,8-14H2. The molecule has 2 unspecified atom stereocenters. The maximum atomic E-state index is 12.9.